The fourth-order valence-electron chi connectivity index (χ4n) is 2.52. The Morgan fingerprint density at radius 2 is 2.00 bits per heavy atom. The average Bonchev–Trinajstić information content (AvgIpc) is 2.98. The van der Waals surface area contributed by atoms with Crippen molar-refractivity contribution < 1.29 is 9.53 Å². The first-order valence-electron chi connectivity index (χ1n) is 7.14. The van der Waals surface area contributed by atoms with Crippen LogP contribution in [0.2, 0.25) is 0 Å². The Morgan fingerprint density at radius 1 is 1.30 bits per heavy atom. The van der Waals surface area contributed by atoms with Gasteiger partial charge in [-0.1, -0.05) is 31.0 Å². The van der Waals surface area contributed by atoms with Crippen molar-refractivity contribution in [3.05, 3.63) is 30.3 Å². The van der Waals surface area contributed by atoms with Crippen LogP contribution in [0.3, 0.4) is 0 Å². The minimum Gasteiger partial charge on any atom is -0.494 e. The average molecular weight is 272 g/mol. The maximum absolute atomic E-state index is 12.1. The number of para-hydroxylation sites is 1. The maximum Gasteiger partial charge on any atom is 0.240 e. The Kier molecular flexibility index (Phi) is 5.00. The topological polar surface area (TPSA) is 62.1 Å². The second kappa shape index (κ2) is 6.95. The van der Waals surface area contributed by atoms with Crippen molar-refractivity contribution in [1.82, 2.24) is 5.32 Å². The normalized spacial score (nSPS) is 16.4. The summed E-state index contributed by atoms with van der Waals surface area (Å²) in [4.78, 5) is 12.1. The van der Waals surface area contributed by atoms with Gasteiger partial charge in [-0.3, -0.25) is 4.79 Å². The van der Waals surface area contributed by atoms with Crippen LogP contribution in [0.15, 0.2) is 30.3 Å². The van der Waals surface area contributed by atoms with Gasteiger partial charge in [0.1, 0.15) is 11.2 Å². The summed E-state index contributed by atoms with van der Waals surface area (Å²) < 4.78 is 5.55. The lowest BCUT2D eigenvalue weighted by atomic mass is 9.87. The Labute approximate surface area is 119 Å². The van der Waals surface area contributed by atoms with E-state index in [0.29, 0.717) is 26.0 Å². The molecule has 1 N–H and O–H groups in total. The van der Waals surface area contributed by atoms with Crippen LogP contribution >= 0.6 is 0 Å². The highest BCUT2D eigenvalue weighted by Crippen LogP contribution is 2.37. The summed E-state index contributed by atoms with van der Waals surface area (Å²) in [5, 5.41) is 12.1. The molecule has 0 spiro atoms. The van der Waals surface area contributed by atoms with E-state index in [4.69, 9.17) is 4.74 Å². The minimum atomic E-state index is -0.777. The molecule has 4 heteroatoms. The van der Waals surface area contributed by atoms with Gasteiger partial charge >= 0.3 is 0 Å². The van der Waals surface area contributed by atoms with Crippen molar-refractivity contribution in [3.63, 3.8) is 0 Å². The van der Waals surface area contributed by atoms with Crippen LogP contribution in [-0.2, 0) is 4.79 Å². The van der Waals surface area contributed by atoms with Crippen molar-refractivity contribution in [2.24, 2.45) is 5.41 Å². The first kappa shape index (κ1) is 14.4. The largest absolute Gasteiger partial charge is 0.494 e. The molecular formula is C16H20N2O2. The number of nitrogens with one attached hydrogen (secondary N) is 1. The van der Waals surface area contributed by atoms with Crippen molar-refractivity contribution in [2.45, 2.75) is 32.1 Å². The van der Waals surface area contributed by atoms with E-state index in [2.05, 4.69) is 11.4 Å². The van der Waals surface area contributed by atoms with Gasteiger partial charge in [-0.2, -0.15) is 5.26 Å². The first-order valence-corrected chi connectivity index (χ1v) is 7.14. The summed E-state index contributed by atoms with van der Waals surface area (Å²) in [7, 11) is 0. The van der Waals surface area contributed by atoms with E-state index in [0.717, 1.165) is 25.0 Å². The molecule has 0 saturated heterocycles. The lowest BCUT2D eigenvalue weighted by Gasteiger charge is -2.19. The number of rotatable bonds is 6. The van der Waals surface area contributed by atoms with E-state index < -0.39 is 5.41 Å². The van der Waals surface area contributed by atoms with Gasteiger partial charge in [-0.05, 0) is 31.4 Å². The number of hydrogen-bond acceptors (Lipinski definition) is 3. The van der Waals surface area contributed by atoms with Gasteiger partial charge in [0.15, 0.2) is 0 Å². The number of hydrogen-bond donors (Lipinski definition) is 1. The molecule has 1 saturated carbocycles. The van der Waals surface area contributed by atoms with Crippen LogP contribution in [0.5, 0.6) is 5.75 Å². The van der Waals surface area contributed by atoms with Crippen LogP contribution in [0, 0.1) is 16.7 Å². The van der Waals surface area contributed by atoms with E-state index in [9.17, 15) is 10.1 Å². The molecule has 0 atom stereocenters. The molecule has 1 fully saturated rings. The predicted molar refractivity (Wildman–Crippen MR) is 76.1 cm³/mol. The van der Waals surface area contributed by atoms with E-state index in [-0.39, 0.29) is 5.91 Å². The molecule has 0 radical (unpaired) electrons. The molecular weight excluding hydrogens is 252 g/mol. The highest BCUT2D eigenvalue weighted by molar-refractivity contribution is 5.85. The SMILES string of the molecule is N#CC1(C(=O)NCCCOc2ccccc2)CCCC1. The van der Waals surface area contributed by atoms with E-state index >= 15 is 0 Å². The van der Waals surface area contributed by atoms with Crippen molar-refractivity contribution in [2.75, 3.05) is 13.2 Å². The highest BCUT2D eigenvalue weighted by Gasteiger charge is 2.41. The number of nitrogens with zero attached hydrogens (tertiary/aromatic N) is 1. The van der Waals surface area contributed by atoms with E-state index in [1.165, 1.54) is 0 Å². The zero-order chi connectivity index (χ0) is 14.3. The van der Waals surface area contributed by atoms with Gasteiger partial charge in [-0.25, -0.2) is 0 Å². The molecule has 4 nitrogen and oxygen atoms in total. The molecule has 0 aromatic heterocycles. The van der Waals surface area contributed by atoms with Gasteiger partial charge in [0, 0.05) is 6.54 Å². The Balaban J connectivity index is 1.66. The maximum atomic E-state index is 12.1. The second-order valence-electron chi connectivity index (χ2n) is 5.17. The zero-order valence-corrected chi connectivity index (χ0v) is 11.6. The Bertz CT molecular complexity index is 473. The van der Waals surface area contributed by atoms with Crippen molar-refractivity contribution in [1.29, 1.82) is 5.26 Å². The Hall–Kier alpha value is -2.02. The van der Waals surface area contributed by atoms with Gasteiger partial charge in [-0.15, -0.1) is 0 Å². The summed E-state index contributed by atoms with van der Waals surface area (Å²) in [6, 6.07) is 11.8. The smallest absolute Gasteiger partial charge is 0.240 e. The van der Waals surface area contributed by atoms with E-state index in [1.54, 1.807) is 0 Å². The van der Waals surface area contributed by atoms with Gasteiger partial charge in [0.05, 0.1) is 12.7 Å². The first-order chi connectivity index (χ1) is 9.77. The highest BCUT2D eigenvalue weighted by atomic mass is 16.5. The third kappa shape index (κ3) is 3.51. The standard InChI is InChI=1S/C16H20N2O2/c17-13-16(9-4-5-10-16)15(19)18-11-6-12-20-14-7-2-1-3-8-14/h1-3,7-8H,4-6,9-12H2,(H,18,19). The molecule has 1 aromatic carbocycles. The van der Waals surface area contributed by atoms with Crippen LogP contribution < -0.4 is 10.1 Å². The molecule has 1 aromatic rings. The number of carbonyl (C=O) groups is 1. The third-order valence-corrected chi connectivity index (χ3v) is 3.72. The van der Waals surface area contributed by atoms with Crippen LogP contribution in [0.4, 0.5) is 0 Å². The molecule has 0 aliphatic heterocycles. The lowest BCUT2D eigenvalue weighted by molar-refractivity contribution is -0.127. The summed E-state index contributed by atoms with van der Waals surface area (Å²) in [6.07, 6.45) is 4.06. The Morgan fingerprint density at radius 3 is 2.65 bits per heavy atom. The van der Waals surface area contributed by atoms with Crippen molar-refractivity contribution >= 4 is 5.91 Å². The minimum absolute atomic E-state index is 0.114. The zero-order valence-electron chi connectivity index (χ0n) is 11.6. The molecule has 0 unspecified atom stereocenters. The third-order valence-electron chi connectivity index (χ3n) is 3.72. The van der Waals surface area contributed by atoms with Gasteiger partial charge in [0.25, 0.3) is 0 Å². The summed E-state index contributed by atoms with van der Waals surface area (Å²) in [5.74, 6) is 0.723. The second-order valence-corrected chi connectivity index (χ2v) is 5.17. The molecule has 1 amide bonds. The summed E-state index contributed by atoms with van der Waals surface area (Å²) in [6.45, 7) is 1.11. The quantitative estimate of drug-likeness (QED) is 0.810. The summed E-state index contributed by atoms with van der Waals surface area (Å²) >= 11 is 0. The lowest BCUT2D eigenvalue weighted by Crippen LogP contribution is -2.39. The molecule has 0 bridgehead atoms. The monoisotopic (exact) mass is 272 g/mol. The van der Waals surface area contributed by atoms with Crippen LogP contribution in [0.25, 0.3) is 0 Å². The molecule has 20 heavy (non-hydrogen) atoms. The molecule has 2 rings (SSSR count). The van der Waals surface area contributed by atoms with Crippen LogP contribution in [-0.4, -0.2) is 19.1 Å². The fraction of sp³-hybridized carbons (Fsp3) is 0.500. The fourth-order valence-corrected chi connectivity index (χ4v) is 2.52. The van der Waals surface area contributed by atoms with Crippen molar-refractivity contribution in [3.8, 4) is 11.8 Å². The molecule has 1 aliphatic rings. The molecule has 1 aliphatic carbocycles. The van der Waals surface area contributed by atoms with Crippen LogP contribution in [0.1, 0.15) is 32.1 Å². The number of nitriles is 1. The summed E-state index contributed by atoms with van der Waals surface area (Å²) in [5.41, 5.74) is -0.777. The molecule has 106 valence electrons. The number of carbonyl (C=O) groups excluding carboxylic acids is 1. The van der Waals surface area contributed by atoms with Gasteiger partial charge in [0.2, 0.25) is 5.91 Å². The number of amides is 1. The van der Waals surface area contributed by atoms with Gasteiger partial charge < -0.3 is 10.1 Å². The van der Waals surface area contributed by atoms with E-state index in [1.807, 2.05) is 30.3 Å². The number of ether oxygens (including phenoxy) is 1. The number of benzene rings is 1. The molecule has 0 heterocycles. The predicted octanol–water partition coefficient (Wildman–Crippen LogP) is 2.66.